The summed E-state index contributed by atoms with van der Waals surface area (Å²) in [4.78, 5) is 7.45. The van der Waals surface area contributed by atoms with Gasteiger partial charge < -0.3 is 0 Å². The van der Waals surface area contributed by atoms with Crippen molar-refractivity contribution < 1.29 is 16.8 Å². The molecule has 0 aliphatic carbocycles. The smallest absolute Gasteiger partial charge is 0.179 e. The minimum absolute atomic E-state index is 0.00700. The van der Waals surface area contributed by atoms with Gasteiger partial charge in [0, 0.05) is 29.3 Å². The number of benzene rings is 2. The molecule has 4 heterocycles. The fraction of sp³-hybridized carbons (Fsp3) is 0.462. The highest BCUT2D eigenvalue weighted by Crippen LogP contribution is 2.51. The van der Waals surface area contributed by atoms with Crippen LogP contribution in [0.15, 0.2) is 94.7 Å². The molecule has 2 aromatic carbocycles. The molecule has 0 aliphatic heterocycles. The van der Waals surface area contributed by atoms with E-state index >= 15 is 0 Å². The molecule has 0 amide bonds. The zero-order chi connectivity index (χ0) is 44.7. The van der Waals surface area contributed by atoms with Gasteiger partial charge in [-0.3, -0.25) is 0 Å². The van der Waals surface area contributed by atoms with E-state index in [0.717, 1.165) is 105 Å². The molecule has 6 aromatic rings. The summed E-state index contributed by atoms with van der Waals surface area (Å²) in [6, 6.07) is 29.4. The third kappa shape index (κ3) is 12.3. The molecule has 0 atom stereocenters. The minimum atomic E-state index is -3.75. The summed E-state index contributed by atoms with van der Waals surface area (Å²) in [5.41, 5.74) is 4.84. The molecular weight excluding hydrogens is 881 g/mol. The first kappa shape index (κ1) is 48.6. The highest BCUT2D eigenvalue weighted by Gasteiger charge is 2.31. The summed E-state index contributed by atoms with van der Waals surface area (Å²) in [5, 5.41) is 0. The van der Waals surface area contributed by atoms with E-state index in [4.69, 9.17) is 0 Å². The Morgan fingerprint density at radius 1 is 0.403 bits per heavy atom. The van der Waals surface area contributed by atoms with Crippen molar-refractivity contribution in [3.05, 3.63) is 96.1 Å². The minimum Gasteiger partial charge on any atom is -0.224 e. The molecule has 62 heavy (non-hydrogen) atoms. The normalized spacial score (nSPS) is 12.7. The summed E-state index contributed by atoms with van der Waals surface area (Å²) in [6.45, 7) is 17.6. The van der Waals surface area contributed by atoms with Gasteiger partial charge in [0.25, 0.3) is 0 Å². The van der Waals surface area contributed by atoms with Crippen LogP contribution >= 0.6 is 45.3 Å². The number of hydrogen-bond acceptors (Lipinski definition) is 8. The monoisotopic (exact) mass is 946 g/mol. The predicted molar refractivity (Wildman–Crippen MR) is 273 cm³/mol. The van der Waals surface area contributed by atoms with E-state index < -0.39 is 19.7 Å². The van der Waals surface area contributed by atoms with Crippen molar-refractivity contribution in [1.82, 2.24) is 0 Å². The number of unbranched alkanes of at least 4 members (excludes halogenated alkanes) is 10. The number of thiophene rings is 4. The number of rotatable bonds is 21. The van der Waals surface area contributed by atoms with Crippen molar-refractivity contribution in [2.45, 2.75) is 153 Å². The average molecular weight is 947 g/mol. The summed E-state index contributed by atoms with van der Waals surface area (Å²) in [7, 11) is -7.50. The fourth-order valence-electron chi connectivity index (χ4n) is 7.66. The second-order valence-corrected chi connectivity index (χ2v) is 27.2. The van der Waals surface area contributed by atoms with E-state index in [1.807, 2.05) is 12.1 Å². The van der Waals surface area contributed by atoms with Crippen molar-refractivity contribution in [3.63, 3.8) is 0 Å². The lowest BCUT2D eigenvalue weighted by Gasteiger charge is -2.19. The zero-order valence-corrected chi connectivity index (χ0v) is 43.0. The van der Waals surface area contributed by atoms with E-state index in [2.05, 4.69) is 128 Å². The van der Waals surface area contributed by atoms with E-state index in [0.29, 0.717) is 22.6 Å². The van der Waals surface area contributed by atoms with Crippen molar-refractivity contribution in [2.24, 2.45) is 0 Å². The molecule has 0 unspecified atom stereocenters. The molecule has 10 heteroatoms. The lowest BCUT2D eigenvalue weighted by Crippen LogP contribution is -2.10. The second-order valence-electron chi connectivity index (χ2n) is 18.8. The largest absolute Gasteiger partial charge is 0.224 e. The van der Waals surface area contributed by atoms with Crippen LogP contribution in [0.3, 0.4) is 0 Å². The van der Waals surface area contributed by atoms with Gasteiger partial charge in [-0.05, 0) is 88.4 Å². The third-order valence-corrected chi connectivity index (χ3v) is 20.5. The van der Waals surface area contributed by atoms with Crippen molar-refractivity contribution in [3.8, 4) is 50.1 Å². The molecule has 4 aromatic heterocycles. The lowest BCUT2D eigenvalue weighted by molar-refractivity contribution is 0.582. The van der Waals surface area contributed by atoms with Crippen LogP contribution in [0, 0.1) is 0 Å². The maximum Gasteiger partial charge on any atom is 0.179 e. The summed E-state index contributed by atoms with van der Waals surface area (Å²) in [5.74, 6) is 0.0794. The molecule has 0 bridgehead atoms. The second kappa shape index (κ2) is 21.0. The summed E-state index contributed by atoms with van der Waals surface area (Å²) >= 11 is 6.14. The van der Waals surface area contributed by atoms with Crippen molar-refractivity contribution >= 4 is 65.0 Å². The number of hydrogen-bond donors (Lipinski definition) is 0. The molecule has 0 radical (unpaired) electrons. The number of sulfone groups is 2. The molecule has 0 aliphatic rings. The van der Waals surface area contributed by atoms with Gasteiger partial charge in [0.2, 0.25) is 0 Å². The van der Waals surface area contributed by atoms with E-state index in [-0.39, 0.29) is 32.1 Å². The van der Waals surface area contributed by atoms with Gasteiger partial charge in [0.05, 0.1) is 31.1 Å². The van der Waals surface area contributed by atoms with Gasteiger partial charge in [-0.15, -0.1) is 45.3 Å². The van der Waals surface area contributed by atoms with E-state index in [9.17, 15) is 16.8 Å². The highest BCUT2D eigenvalue weighted by atomic mass is 32.2. The van der Waals surface area contributed by atoms with Crippen molar-refractivity contribution in [2.75, 3.05) is 11.5 Å². The van der Waals surface area contributed by atoms with Gasteiger partial charge >= 0.3 is 0 Å². The Morgan fingerprint density at radius 3 is 1.27 bits per heavy atom. The van der Waals surface area contributed by atoms with Crippen LogP contribution in [-0.2, 0) is 30.5 Å². The summed E-state index contributed by atoms with van der Waals surface area (Å²) in [6.07, 6.45) is 11.7. The first-order valence-electron chi connectivity index (χ1n) is 22.6. The molecule has 4 nitrogen and oxygen atoms in total. The van der Waals surface area contributed by atoms with Gasteiger partial charge in [0.15, 0.2) is 19.7 Å². The molecule has 0 N–H and O–H groups in total. The van der Waals surface area contributed by atoms with Gasteiger partial charge in [-0.25, -0.2) is 16.8 Å². The Bertz CT molecular complexity index is 2600. The Morgan fingerprint density at radius 2 is 0.823 bits per heavy atom. The summed E-state index contributed by atoms with van der Waals surface area (Å²) < 4.78 is 58.3. The topological polar surface area (TPSA) is 68.3 Å². The van der Waals surface area contributed by atoms with Crippen LogP contribution in [0.1, 0.15) is 144 Å². The zero-order valence-electron chi connectivity index (χ0n) is 38.1. The van der Waals surface area contributed by atoms with Crippen LogP contribution in [-0.4, -0.2) is 28.3 Å². The molecular formula is C52H66O4S6. The maximum absolute atomic E-state index is 14.6. The molecule has 0 saturated heterocycles. The van der Waals surface area contributed by atoms with Crippen LogP contribution in [0.4, 0.5) is 0 Å². The quantitative estimate of drug-likeness (QED) is 0.0674. The highest BCUT2D eigenvalue weighted by molar-refractivity contribution is 7.92. The van der Waals surface area contributed by atoms with E-state index in [1.165, 1.54) is 33.8 Å². The van der Waals surface area contributed by atoms with E-state index in [1.54, 1.807) is 22.7 Å². The lowest BCUT2D eigenvalue weighted by atomic mass is 9.86. The van der Waals surface area contributed by atoms with Gasteiger partial charge in [0.1, 0.15) is 0 Å². The predicted octanol–water partition coefficient (Wildman–Crippen LogP) is 17.1. The molecule has 0 fully saturated rings. The first-order chi connectivity index (χ1) is 29.4. The van der Waals surface area contributed by atoms with Crippen LogP contribution in [0.5, 0.6) is 0 Å². The standard InChI is InChI=1S/C52H66O4S6/c1-9-11-13-15-17-19-32-61(53,54)47-35-45(43-30-28-41(57-43)37-24-26-39(27-25-37)51(3,4)5)59-49(47)50-48(62(55,56)33-20-18-16-14-12-10-2)36-46(60-50)44-31-29-42(58-44)38-22-21-23-40(34-38)52(6,7)8/h21-31,34-36H,9-20,32-33H2,1-8H3. The van der Waals surface area contributed by atoms with Gasteiger partial charge in [-0.2, -0.15) is 0 Å². The Labute approximate surface area is 389 Å². The first-order valence-corrected chi connectivity index (χ1v) is 29.1. The van der Waals surface area contributed by atoms with Crippen molar-refractivity contribution in [1.29, 1.82) is 0 Å². The fourth-order valence-corrected chi connectivity index (χ4v) is 16.4. The average Bonchev–Trinajstić information content (AvgIpc) is 4.06. The Hall–Kier alpha value is -2.86. The van der Waals surface area contributed by atoms with Crippen LogP contribution < -0.4 is 0 Å². The molecule has 0 spiro atoms. The van der Waals surface area contributed by atoms with Crippen LogP contribution in [0.2, 0.25) is 0 Å². The third-order valence-electron chi connectivity index (χ3n) is 11.6. The maximum atomic E-state index is 14.6. The Balaban J connectivity index is 1.44. The Kier molecular flexibility index (Phi) is 16.4. The molecule has 334 valence electrons. The molecule has 6 rings (SSSR count). The van der Waals surface area contributed by atoms with Gasteiger partial charge in [-0.1, -0.05) is 162 Å². The van der Waals surface area contributed by atoms with Crippen LogP contribution in [0.25, 0.3) is 50.1 Å². The molecule has 0 saturated carbocycles. The SMILES string of the molecule is CCCCCCCCS(=O)(=O)c1cc(-c2ccc(-c3ccc(C(C)(C)C)cc3)s2)sc1-c1sc(-c2ccc(-c3cccc(C(C)(C)C)c3)s2)cc1S(=O)(=O)CCCCCCCC.